The van der Waals surface area contributed by atoms with Gasteiger partial charge in [-0.3, -0.25) is 19.9 Å². The van der Waals surface area contributed by atoms with E-state index >= 15 is 0 Å². The average Bonchev–Trinajstić information content (AvgIpc) is 3.26. The van der Waals surface area contributed by atoms with Crippen LogP contribution in [0.3, 0.4) is 0 Å². The molecule has 1 aromatic heterocycles. The molecule has 0 radical (unpaired) electrons. The largest absolute Gasteiger partial charge is 0.497 e. The second-order valence-electron chi connectivity index (χ2n) is 7.66. The SMILES string of the molecule is COc1ccc2c(c1)C(=O)N(C[C@@]1(C#Cc3cnc4ccccc4c3)NC(=O)NC1=O)C2. The molecule has 158 valence electrons. The zero-order valence-electron chi connectivity index (χ0n) is 17.1. The highest BCUT2D eigenvalue weighted by molar-refractivity contribution is 6.10. The third-order valence-electron chi connectivity index (χ3n) is 5.58. The molecule has 0 spiro atoms. The van der Waals surface area contributed by atoms with Gasteiger partial charge in [-0.05, 0) is 29.8 Å². The molecule has 1 atom stereocenters. The van der Waals surface area contributed by atoms with Crippen molar-refractivity contribution in [2.45, 2.75) is 12.1 Å². The molecule has 2 aliphatic heterocycles. The number of benzene rings is 2. The smallest absolute Gasteiger partial charge is 0.323 e. The van der Waals surface area contributed by atoms with Crippen molar-refractivity contribution in [2.24, 2.45) is 0 Å². The number of methoxy groups -OCH3 is 1. The lowest BCUT2D eigenvalue weighted by molar-refractivity contribution is -0.122. The molecule has 3 aromatic rings. The maximum atomic E-state index is 13.0. The number of aromatic nitrogens is 1. The summed E-state index contributed by atoms with van der Waals surface area (Å²) >= 11 is 0. The van der Waals surface area contributed by atoms with Crippen molar-refractivity contribution in [1.82, 2.24) is 20.5 Å². The summed E-state index contributed by atoms with van der Waals surface area (Å²) in [5, 5.41) is 5.76. The first-order valence-corrected chi connectivity index (χ1v) is 9.95. The molecule has 2 N–H and O–H groups in total. The first-order valence-electron chi connectivity index (χ1n) is 9.95. The lowest BCUT2D eigenvalue weighted by Crippen LogP contribution is -2.54. The summed E-state index contributed by atoms with van der Waals surface area (Å²) in [4.78, 5) is 43.6. The molecule has 2 aromatic carbocycles. The number of urea groups is 1. The van der Waals surface area contributed by atoms with E-state index in [2.05, 4.69) is 27.5 Å². The van der Waals surface area contributed by atoms with Gasteiger partial charge in [0.15, 0.2) is 0 Å². The van der Waals surface area contributed by atoms with Crippen molar-refractivity contribution < 1.29 is 19.1 Å². The van der Waals surface area contributed by atoms with Crippen LogP contribution in [0, 0.1) is 11.8 Å². The van der Waals surface area contributed by atoms with Crippen molar-refractivity contribution >= 4 is 28.7 Å². The summed E-state index contributed by atoms with van der Waals surface area (Å²) in [5.74, 6) is 5.59. The van der Waals surface area contributed by atoms with E-state index in [1.807, 2.05) is 36.4 Å². The van der Waals surface area contributed by atoms with Gasteiger partial charge in [-0.25, -0.2) is 4.79 Å². The van der Waals surface area contributed by atoms with E-state index in [4.69, 9.17) is 4.74 Å². The molecular formula is C24H18N4O4. The van der Waals surface area contributed by atoms with Crippen molar-refractivity contribution in [2.75, 3.05) is 13.7 Å². The molecule has 1 fully saturated rings. The number of ether oxygens (including phenoxy) is 1. The molecule has 0 aliphatic carbocycles. The first kappa shape index (κ1) is 19.6. The molecule has 3 heterocycles. The number of carbonyl (C=O) groups excluding carboxylic acids is 3. The number of pyridine rings is 1. The Labute approximate surface area is 183 Å². The fourth-order valence-corrected chi connectivity index (χ4v) is 3.93. The quantitative estimate of drug-likeness (QED) is 0.492. The number of para-hydroxylation sites is 1. The van der Waals surface area contributed by atoms with Crippen molar-refractivity contribution in [3.05, 3.63) is 71.4 Å². The summed E-state index contributed by atoms with van der Waals surface area (Å²) in [6.07, 6.45) is 1.61. The van der Waals surface area contributed by atoms with Crippen LogP contribution in [0.5, 0.6) is 5.75 Å². The predicted molar refractivity (Wildman–Crippen MR) is 116 cm³/mol. The van der Waals surface area contributed by atoms with Crippen LogP contribution in [0.15, 0.2) is 54.7 Å². The summed E-state index contributed by atoms with van der Waals surface area (Å²) < 4.78 is 5.21. The second-order valence-corrected chi connectivity index (χ2v) is 7.66. The van der Waals surface area contributed by atoms with Crippen LogP contribution in [0.1, 0.15) is 21.5 Å². The number of nitrogens with zero attached hydrogens (tertiary/aromatic N) is 2. The standard InChI is InChI=1S/C24H18N4O4/c1-32-18-7-6-17-13-28(21(29)19(17)11-18)14-24(22(30)26-23(31)27-24)9-8-15-10-16-4-2-3-5-20(16)25-12-15/h2-7,10-12H,13-14H2,1H3,(H2,26,27,30,31)/t24-/m1/s1. The topological polar surface area (TPSA) is 101 Å². The fraction of sp³-hybridized carbons (Fsp3) is 0.167. The predicted octanol–water partition coefficient (Wildman–Crippen LogP) is 1.83. The highest BCUT2D eigenvalue weighted by Gasteiger charge is 2.48. The Hall–Kier alpha value is -4.38. The molecule has 1 saturated heterocycles. The summed E-state index contributed by atoms with van der Waals surface area (Å²) in [7, 11) is 1.53. The van der Waals surface area contributed by atoms with Gasteiger partial charge in [0.1, 0.15) is 5.75 Å². The fourth-order valence-electron chi connectivity index (χ4n) is 3.93. The van der Waals surface area contributed by atoms with Gasteiger partial charge in [0.25, 0.3) is 11.8 Å². The third-order valence-corrected chi connectivity index (χ3v) is 5.58. The minimum Gasteiger partial charge on any atom is -0.497 e. The van der Waals surface area contributed by atoms with Crippen LogP contribution < -0.4 is 15.4 Å². The number of nitrogens with one attached hydrogen (secondary N) is 2. The van der Waals surface area contributed by atoms with E-state index in [9.17, 15) is 14.4 Å². The van der Waals surface area contributed by atoms with Crippen molar-refractivity contribution in [3.63, 3.8) is 0 Å². The zero-order valence-corrected chi connectivity index (χ0v) is 17.1. The average molecular weight is 426 g/mol. The van der Waals surface area contributed by atoms with Gasteiger partial charge in [0, 0.05) is 29.3 Å². The lowest BCUT2D eigenvalue weighted by atomic mass is 9.99. The normalized spacial score (nSPS) is 19.3. The van der Waals surface area contributed by atoms with Crippen LogP contribution in [0.25, 0.3) is 10.9 Å². The number of amides is 4. The van der Waals surface area contributed by atoms with Gasteiger partial charge < -0.3 is 15.0 Å². The first-order chi connectivity index (χ1) is 15.5. The van der Waals surface area contributed by atoms with Gasteiger partial charge >= 0.3 is 6.03 Å². The van der Waals surface area contributed by atoms with E-state index < -0.39 is 17.5 Å². The number of hydrogen-bond donors (Lipinski definition) is 2. The molecule has 0 saturated carbocycles. The van der Waals surface area contributed by atoms with Gasteiger partial charge in [-0.2, -0.15) is 0 Å². The number of imide groups is 1. The number of hydrogen-bond acceptors (Lipinski definition) is 5. The van der Waals surface area contributed by atoms with E-state index in [1.54, 1.807) is 18.3 Å². The molecule has 0 bridgehead atoms. The Kier molecular flexibility index (Phi) is 4.52. The zero-order chi connectivity index (χ0) is 22.3. The third kappa shape index (κ3) is 3.30. The van der Waals surface area contributed by atoms with E-state index in [0.29, 0.717) is 23.4 Å². The van der Waals surface area contributed by atoms with Gasteiger partial charge in [0.2, 0.25) is 5.54 Å². The van der Waals surface area contributed by atoms with Crippen molar-refractivity contribution in [1.29, 1.82) is 0 Å². The number of carbonyl (C=O) groups is 3. The van der Waals surface area contributed by atoms with Crippen LogP contribution in [0.2, 0.25) is 0 Å². The Morgan fingerprint density at radius 3 is 2.78 bits per heavy atom. The molecule has 5 rings (SSSR count). The van der Waals surface area contributed by atoms with Crippen LogP contribution >= 0.6 is 0 Å². The summed E-state index contributed by atoms with van der Waals surface area (Å²) in [6, 6.07) is 14.1. The molecule has 32 heavy (non-hydrogen) atoms. The molecule has 0 unspecified atom stereocenters. The maximum absolute atomic E-state index is 13.0. The molecule has 4 amide bonds. The molecule has 8 nitrogen and oxygen atoms in total. The Balaban J connectivity index is 1.47. The van der Waals surface area contributed by atoms with Crippen LogP contribution in [-0.2, 0) is 11.3 Å². The monoisotopic (exact) mass is 426 g/mol. The lowest BCUT2D eigenvalue weighted by Gasteiger charge is -2.26. The highest BCUT2D eigenvalue weighted by Crippen LogP contribution is 2.28. The number of fused-ring (bicyclic) bond motifs is 2. The van der Waals surface area contributed by atoms with Crippen molar-refractivity contribution in [3.8, 4) is 17.6 Å². The maximum Gasteiger partial charge on any atom is 0.323 e. The van der Waals surface area contributed by atoms with Crippen LogP contribution in [0.4, 0.5) is 4.79 Å². The van der Waals surface area contributed by atoms with Gasteiger partial charge in [-0.1, -0.05) is 36.1 Å². The van der Waals surface area contributed by atoms with Crippen LogP contribution in [-0.4, -0.2) is 46.9 Å². The summed E-state index contributed by atoms with van der Waals surface area (Å²) in [6.45, 7) is 0.219. The minimum absolute atomic E-state index is 0.0889. The summed E-state index contributed by atoms with van der Waals surface area (Å²) in [5.41, 5.74) is 1.19. The van der Waals surface area contributed by atoms with Gasteiger partial charge in [0.05, 0.1) is 19.2 Å². The molecule has 2 aliphatic rings. The second kappa shape index (κ2) is 7.39. The van der Waals surface area contributed by atoms with Gasteiger partial charge in [-0.15, -0.1) is 0 Å². The van der Waals surface area contributed by atoms with E-state index in [-0.39, 0.29) is 12.5 Å². The van der Waals surface area contributed by atoms with E-state index in [1.165, 1.54) is 12.0 Å². The molecule has 8 heteroatoms. The minimum atomic E-state index is -1.56. The Morgan fingerprint density at radius 1 is 1.16 bits per heavy atom. The Morgan fingerprint density at radius 2 is 2.00 bits per heavy atom. The van der Waals surface area contributed by atoms with E-state index in [0.717, 1.165) is 16.5 Å². The molecular weight excluding hydrogens is 408 g/mol. The Bertz CT molecular complexity index is 1360. The highest BCUT2D eigenvalue weighted by atomic mass is 16.5. The number of rotatable bonds is 3.